The largest absolute Gasteiger partial charge is 0.481 e. The topological polar surface area (TPSA) is 95.9 Å². The highest BCUT2D eigenvalue weighted by molar-refractivity contribution is 7.87. The lowest BCUT2D eigenvalue weighted by Crippen LogP contribution is -2.47. The fourth-order valence-electron chi connectivity index (χ4n) is 1.20. The first-order valence-electron chi connectivity index (χ1n) is 4.99. The van der Waals surface area contributed by atoms with Gasteiger partial charge in [-0.05, 0) is 0 Å². The maximum Gasteiger partial charge on any atom is 0.307 e. The second-order valence-corrected chi connectivity index (χ2v) is 5.36. The molecule has 1 heterocycles. The van der Waals surface area contributed by atoms with Gasteiger partial charge in [0, 0.05) is 19.6 Å². The molecule has 0 radical (unpaired) electrons. The Kier molecular flexibility index (Phi) is 4.66. The lowest BCUT2D eigenvalue weighted by molar-refractivity contribution is -0.140. The van der Waals surface area contributed by atoms with E-state index in [2.05, 4.69) is 4.72 Å². The van der Waals surface area contributed by atoms with E-state index >= 15 is 0 Å². The molecule has 16 heavy (non-hydrogen) atoms. The third-order valence-corrected chi connectivity index (χ3v) is 3.88. The molecule has 0 aromatic heterocycles. The minimum absolute atomic E-state index is 0.102. The predicted octanol–water partition coefficient (Wildman–Crippen LogP) is -1.13. The van der Waals surface area contributed by atoms with E-state index in [1.165, 1.54) is 11.2 Å². The summed E-state index contributed by atoms with van der Waals surface area (Å²) in [4.78, 5) is 10.5. The van der Waals surface area contributed by atoms with Crippen molar-refractivity contribution in [3.63, 3.8) is 0 Å². The smallest absolute Gasteiger partial charge is 0.307 e. The zero-order chi connectivity index (χ0) is 12.2. The van der Waals surface area contributed by atoms with Crippen LogP contribution in [0.15, 0.2) is 0 Å². The summed E-state index contributed by atoms with van der Waals surface area (Å²) in [6.45, 7) is 2.69. The van der Waals surface area contributed by atoms with Gasteiger partial charge in [0.2, 0.25) is 0 Å². The van der Waals surface area contributed by atoms with Gasteiger partial charge >= 0.3 is 5.97 Å². The molecular weight excluding hydrogens is 236 g/mol. The molecule has 1 aliphatic rings. The van der Waals surface area contributed by atoms with Gasteiger partial charge in [0.1, 0.15) is 0 Å². The number of ether oxygens (including phenoxy) is 1. The fraction of sp³-hybridized carbons (Fsp3) is 0.875. The molecule has 1 aliphatic heterocycles. The van der Waals surface area contributed by atoms with E-state index in [0.717, 1.165) is 0 Å². The van der Waals surface area contributed by atoms with Crippen LogP contribution < -0.4 is 4.72 Å². The minimum Gasteiger partial charge on any atom is -0.481 e. The maximum atomic E-state index is 11.7. The van der Waals surface area contributed by atoms with Gasteiger partial charge in [0.05, 0.1) is 19.1 Å². The van der Waals surface area contributed by atoms with E-state index in [-0.39, 0.29) is 6.54 Å². The lowest BCUT2D eigenvalue weighted by atomic mass is 10.2. The van der Waals surface area contributed by atoms with E-state index in [1.807, 2.05) is 0 Å². The number of nitrogens with one attached hydrogen (secondary N) is 1. The van der Waals surface area contributed by atoms with Crippen molar-refractivity contribution in [2.24, 2.45) is 5.92 Å². The Bertz CT molecular complexity index is 336. The van der Waals surface area contributed by atoms with Crippen molar-refractivity contribution in [3.05, 3.63) is 0 Å². The predicted molar refractivity (Wildman–Crippen MR) is 56.1 cm³/mol. The van der Waals surface area contributed by atoms with Crippen LogP contribution in [-0.2, 0) is 19.7 Å². The van der Waals surface area contributed by atoms with Crippen molar-refractivity contribution in [1.82, 2.24) is 9.03 Å². The maximum absolute atomic E-state index is 11.7. The summed E-state index contributed by atoms with van der Waals surface area (Å²) in [6, 6.07) is 0. The van der Waals surface area contributed by atoms with Gasteiger partial charge in [-0.2, -0.15) is 12.7 Å². The van der Waals surface area contributed by atoms with E-state index < -0.39 is 22.1 Å². The van der Waals surface area contributed by atoms with Crippen molar-refractivity contribution in [2.75, 3.05) is 32.8 Å². The van der Waals surface area contributed by atoms with Crippen LogP contribution in [0.1, 0.15) is 6.92 Å². The second kappa shape index (κ2) is 5.58. The van der Waals surface area contributed by atoms with Crippen LogP contribution in [0.5, 0.6) is 0 Å². The number of carboxylic acids is 1. The van der Waals surface area contributed by atoms with E-state index in [1.54, 1.807) is 0 Å². The highest BCUT2D eigenvalue weighted by Gasteiger charge is 2.25. The number of hydrogen-bond acceptors (Lipinski definition) is 4. The average Bonchev–Trinajstić information content (AvgIpc) is 2.27. The zero-order valence-electron chi connectivity index (χ0n) is 9.05. The fourth-order valence-corrected chi connectivity index (χ4v) is 2.47. The zero-order valence-corrected chi connectivity index (χ0v) is 9.87. The van der Waals surface area contributed by atoms with Crippen LogP contribution in [0, 0.1) is 5.92 Å². The summed E-state index contributed by atoms with van der Waals surface area (Å²) in [5.41, 5.74) is 0. The number of hydrogen-bond donors (Lipinski definition) is 2. The monoisotopic (exact) mass is 252 g/mol. The van der Waals surface area contributed by atoms with Gasteiger partial charge < -0.3 is 9.84 Å². The summed E-state index contributed by atoms with van der Waals surface area (Å²) >= 11 is 0. The summed E-state index contributed by atoms with van der Waals surface area (Å²) in [5.74, 6) is -1.76. The normalized spacial score (nSPS) is 20.6. The highest BCUT2D eigenvalue weighted by Crippen LogP contribution is 2.03. The number of carboxylic acid groups (broad SMARTS) is 1. The van der Waals surface area contributed by atoms with Crippen molar-refractivity contribution in [2.45, 2.75) is 6.92 Å². The van der Waals surface area contributed by atoms with Crippen LogP contribution in [0.2, 0.25) is 0 Å². The van der Waals surface area contributed by atoms with Gasteiger partial charge in [0.15, 0.2) is 0 Å². The third kappa shape index (κ3) is 3.71. The highest BCUT2D eigenvalue weighted by atomic mass is 32.2. The van der Waals surface area contributed by atoms with Crippen LogP contribution in [0.3, 0.4) is 0 Å². The molecule has 0 amide bonds. The number of morpholine rings is 1. The summed E-state index contributed by atoms with van der Waals surface area (Å²) in [6.07, 6.45) is 0. The molecule has 1 rings (SSSR count). The molecule has 7 nitrogen and oxygen atoms in total. The van der Waals surface area contributed by atoms with E-state index in [9.17, 15) is 13.2 Å². The van der Waals surface area contributed by atoms with Gasteiger partial charge in [-0.3, -0.25) is 4.79 Å². The van der Waals surface area contributed by atoms with Crippen molar-refractivity contribution < 1.29 is 23.1 Å². The van der Waals surface area contributed by atoms with Gasteiger partial charge in [-0.25, -0.2) is 4.72 Å². The van der Waals surface area contributed by atoms with Crippen LogP contribution in [-0.4, -0.2) is 56.6 Å². The molecule has 0 bridgehead atoms. The minimum atomic E-state index is -3.57. The first-order chi connectivity index (χ1) is 7.43. The lowest BCUT2D eigenvalue weighted by Gasteiger charge is -2.26. The molecule has 1 atom stereocenters. The molecule has 1 fully saturated rings. The first-order valence-corrected chi connectivity index (χ1v) is 6.43. The van der Waals surface area contributed by atoms with Crippen molar-refractivity contribution in [3.8, 4) is 0 Å². The van der Waals surface area contributed by atoms with Crippen molar-refractivity contribution >= 4 is 16.2 Å². The van der Waals surface area contributed by atoms with E-state index in [0.29, 0.717) is 26.3 Å². The molecule has 1 unspecified atom stereocenters. The Balaban J connectivity index is 2.47. The molecule has 0 saturated carbocycles. The number of rotatable bonds is 5. The summed E-state index contributed by atoms with van der Waals surface area (Å²) in [7, 11) is -3.57. The molecule has 0 aromatic carbocycles. The van der Waals surface area contributed by atoms with Gasteiger partial charge in [-0.1, -0.05) is 6.92 Å². The summed E-state index contributed by atoms with van der Waals surface area (Å²) in [5, 5.41) is 8.62. The standard InChI is InChI=1S/C8H16N2O5S/c1-7(8(11)12)6-9-16(13,14)10-2-4-15-5-3-10/h7,9H,2-6H2,1H3,(H,11,12). The number of nitrogens with zero attached hydrogens (tertiary/aromatic N) is 1. The van der Waals surface area contributed by atoms with Crippen LogP contribution in [0.4, 0.5) is 0 Å². The summed E-state index contributed by atoms with van der Waals surface area (Å²) < 4.78 is 31.9. The Hall–Kier alpha value is -0.700. The SMILES string of the molecule is CC(CNS(=O)(=O)N1CCOCC1)C(=O)O. The molecule has 1 saturated heterocycles. The third-order valence-electron chi connectivity index (χ3n) is 2.30. The number of carbonyl (C=O) groups is 1. The molecule has 0 aromatic rings. The number of aliphatic carboxylic acids is 1. The Morgan fingerprint density at radius 3 is 2.56 bits per heavy atom. The molecule has 0 aliphatic carbocycles. The molecule has 2 N–H and O–H groups in total. The second-order valence-electron chi connectivity index (χ2n) is 3.60. The van der Waals surface area contributed by atoms with E-state index in [4.69, 9.17) is 9.84 Å². The Morgan fingerprint density at radius 2 is 2.06 bits per heavy atom. The molecule has 94 valence electrons. The quantitative estimate of drug-likeness (QED) is 0.645. The average molecular weight is 252 g/mol. The molecular formula is C8H16N2O5S. The molecule has 0 spiro atoms. The Morgan fingerprint density at radius 1 is 1.50 bits per heavy atom. The molecule has 8 heteroatoms. The Labute approximate surface area is 94.6 Å². The van der Waals surface area contributed by atoms with Crippen molar-refractivity contribution in [1.29, 1.82) is 0 Å². The van der Waals surface area contributed by atoms with Gasteiger partial charge in [-0.15, -0.1) is 0 Å². The van der Waals surface area contributed by atoms with Gasteiger partial charge in [0.25, 0.3) is 10.2 Å². The van der Waals surface area contributed by atoms with Crippen LogP contribution in [0.25, 0.3) is 0 Å². The van der Waals surface area contributed by atoms with Crippen LogP contribution >= 0.6 is 0 Å². The first kappa shape index (κ1) is 13.4.